The van der Waals surface area contributed by atoms with Crippen LogP contribution in [-0.2, 0) is 4.79 Å². The molecule has 1 amide bonds. The molecule has 0 saturated carbocycles. The standard InChI is InChI=1S/C13H17NO3S/c1-8-7-11(18-9(8)2)12(15)14-6-4-3-5-10(14)13(16)17/h7,10H,3-6H2,1-2H3,(H,16,17)/t10-/m0/s1. The van der Waals surface area contributed by atoms with Gasteiger partial charge in [0.15, 0.2) is 0 Å². The summed E-state index contributed by atoms with van der Waals surface area (Å²) in [6, 6.07) is 1.20. The smallest absolute Gasteiger partial charge is 0.326 e. The molecule has 1 fully saturated rings. The zero-order valence-corrected chi connectivity index (χ0v) is 11.4. The predicted octanol–water partition coefficient (Wildman–Crippen LogP) is 2.44. The number of aliphatic carboxylic acids is 1. The number of carbonyl (C=O) groups excluding carboxylic acids is 1. The highest BCUT2D eigenvalue weighted by Crippen LogP contribution is 2.25. The van der Waals surface area contributed by atoms with E-state index in [1.165, 1.54) is 16.2 Å². The number of thiophene rings is 1. The summed E-state index contributed by atoms with van der Waals surface area (Å²) in [6.45, 7) is 4.49. The Balaban J connectivity index is 2.23. The summed E-state index contributed by atoms with van der Waals surface area (Å²) in [6.07, 6.45) is 2.33. The number of carboxylic acids is 1. The molecule has 0 aromatic carbocycles. The van der Waals surface area contributed by atoms with Gasteiger partial charge >= 0.3 is 5.97 Å². The Morgan fingerprint density at radius 2 is 2.11 bits per heavy atom. The lowest BCUT2D eigenvalue weighted by Gasteiger charge is -2.32. The van der Waals surface area contributed by atoms with Crippen LogP contribution < -0.4 is 0 Å². The number of likely N-dealkylation sites (tertiary alicyclic amines) is 1. The van der Waals surface area contributed by atoms with Gasteiger partial charge in [-0.3, -0.25) is 4.79 Å². The van der Waals surface area contributed by atoms with Crippen LogP contribution in [0.2, 0.25) is 0 Å². The Morgan fingerprint density at radius 1 is 1.39 bits per heavy atom. The summed E-state index contributed by atoms with van der Waals surface area (Å²) in [4.78, 5) is 26.8. The van der Waals surface area contributed by atoms with Crippen LogP contribution in [-0.4, -0.2) is 34.5 Å². The van der Waals surface area contributed by atoms with E-state index >= 15 is 0 Å². The topological polar surface area (TPSA) is 57.6 Å². The lowest BCUT2D eigenvalue weighted by Crippen LogP contribution is -2.47. The van der Waals surface area contributed by atoms with Gasteiger partial charge in [-0.05, 0) is 44.7 Å². The second kappa shape index (κ2) is 5.10. The summed E-state index contributed by atoms with van der Waals surface area (Å²) in [5.41, 5.74) is 1.09. The Bertz CT molecular complexity index is 461. The van der Waals surface area contributed by atoms with Crippen molar-refractivity contribution in [1.82, 2.24) is 4.90 Å². The van der Waals surface area contributed by atoms with Crippen LogP contribution >= 0.6 is 11.3 Å². The van der Waals surface area contributed by atoms with Gasteiger partial charge in [0.2, 0.25) is 0 Å². The van der Waals surface area contributed by atoms with E-state index in [0.717, 1.165) is 23.3 Å². The van der Waals surface area contributed by atoms with Crippen molar-refractivity contribution in [1.29, 1.82) is 0 Å². The first-order valence-electron chi connectivity index (χ1n) is 6.11. The molecule has 1 atom stereocenters. The summed E-state index contributed by atoms with van der Waals surface area (Å²) >= 11 is 1.45. The van der Waals surface area contributed by atoms with E-state index in [0.29, 0.717) is 17.8 Å². The van der Waals surface area contributed by atoms with Gasteiger partial charge in [0.05, 0.1) is 4.88 Å². The third kappa shape index (κ3) is 2.41. The maximum Gasteiger partial charge on any atom is 0.326 e. The third-order valence-electron chi connectivity index (χ3n) is 3.43. The van der Waals surface area contributed by atoms with Crippen molar-refractivity contribution in [2.75, 3.05) is 6.54 Å². The molecule has 1 aromatic rings. The van der Waals surface area contributed by atoms with Gasteiger partial charge in [0, 0.05) is 11.4 Å². The van der Waals surface area contributed by atoms with Crippen LogP contribution in [0.1, 0.15) is 39.4 Å². The van der Waals surface area contributed by atoms with Crippen molar-refractivity contribution >= 4 is 23.2 Å². The molecule has 1 aliphatic rings. The van der Waals surface area contributed by atoms with E-state index < -0.39 is 12.0 Å². The van der Waals surface area contributed by atoms with Crippen LogP contribution in [0, 0.1) is 13.8 Å². The molecule has 1 saturated heterocycles. The molecule has 98 valence electrons. The number of hydrogen-bond donors (Lipinski definition) is 1. The minimum Gasteiger partial charge on any atom is -0.480 e. The van der Waals surface area contributed by atoms with Crippen molar-refractivity contribution < 1.29 is 14.7 Å². The van der Waals surface area contributed by atoms with Crippen LogP contribution in [0.25, 0.3) is 0 Å². The lowest BCUT2D eigenvalue weighted by atomic mass is 10.0. The number of hydrogen-bond acceptors (Lipinski definition) is 3. The maximum atomic E-state index is 12.4. The van der Waals surface area contributed by atoms with E-state index in [1.54, 1.807) is 0 Å². The number of amides is 1. The van der Waals surface area contributed by atoms with E-state index in [-0.39, 0.29) is 5.91 Å². The van der Waals surface area contributed by atoms with E-state index in [4.69, 9.17) is 0 Å². The van der Waals surface area contributed by atoms with E-state index in [1.807, 2.05) is 19.9 Å². The van der Waals surface area contributed by atoms with Crippen molar-refractivity contribution in [2.45, 2.75) is 39.2 Å². The Labute approximate surface area is 110 Å². The number of nitrogens with zero attached hydrogens (tertiary/aromatic N) is 1. The summed E-state index contributed by atoms with van der Waals surface area (Å²) in [5, 5.41) is 9.17. The molecule has 2 heterocycles. The zero-order valence-electron chi connectivity index (χ0n) is 10.6. The molecule has 1 aliphatic heterocycles. The fraction of sp³-hybridized carbons (Fsp3) is 0.538. The van der Waals surface area contributed by atoms with Crippen molar-refractivity contribution in [3.05, 3.63) is 21.4 Å². The monoisotopic (exact) mass is 267 g/mol. The second-order valence-corrected chi connectivity index (χ2v) is 5.95. The van der Waals surface area contributed by atoms with Gasteiger partial charge in [-0.25, -0.2) is 4.79 Å². The first kappa shape index (κ1) is 13.1. The van der Waals surface area contributed by atoms with Crippen LogP contribution in [0.4, 0.5) is 0 Å². The molecule has 18 heavy (non-hydrogen) atoms. The molecule has 0 aliphatic carbocycles. The minimum atomic E-state index is -0.895. The number of rotatable bonds is 2. The van der Waals surface area contributed by atoms with Crippen molar-refractivity contribution in [3.63, 3.8) is 0 Å². The van der Waals surface area contributed by atoms with Gasteiger partial charge in [-0.15, -0.1) is 11.3 Å². The molecule has 2 rings (SSSR count). The highest BCUT2D eigenvalue weighted by molar-refractivity contribution is 7.14. The minimum absolute atomic E-state index is 0.136. The molecule has 5 heteroatoms. The molecule has 1 aromatic heterocycles. The number of aryl methyl sites for hydroxylation is 2. The van der Waals surface area contributed by atoms with Gasteiger partial charge in [-0.2, -0.15) is 0 Å². The Morgan fingerprint density at radius 3 is 2.67 bits per heavy atom. The van der Waals surface area contributed by atoms with Crippen LogP contribution in [0.15, 0.2) is 6.07 Å². The summed E-state index contributed by atoms with van der Waals surface area (Å²) in [5.74, 6) is -1.03. The highest BCUT2D eigenvalue weighted by atomic mass is 32.1. The molecule has 0 unspecified atom stereocenters. The number of piperidine rings is 1. The van der Waals surface area contributed by atoms with Crippen LogP contribution in [0.5, 0.6) is 0 Å². The van der Waals surface area contributed by atoms with Gasteiger partial charge in [0.1, 0.15) is 6.04 Å². The quantitative estimate of drug-likeness (QED) is 0.895. The fourth-order valence-electron chi connectivity index (χ4n) is 2.25. The molecule has 0 bridgehead atoms. The van der Waals surface area contributed by atoms with Gasteiger partial charge in [0.25, 0.3) is 5.91 Å². The van der Waals surface area contributed by atoms with Crippen molar-refractivity contribution in [3.8, 4) is 0 Å². The largest absolute Gasteiger partial charge is 0.480 e. The number of carbonyl (C=O) groups is 2. The third-order valence-corrected chi connectivity index (χ3v) is 4.57. The molecule has 0 radical (unpaired) electrons. The Hall–Kier alpha value is -1.36. The van der Waals surface area contributed by atoms with E-state index in [2.05, 4.69) is 0 Å². The lowest BCUT2D eigenvalue weighted by molar-refractivity contribution is -0.143. The zero-order chi connectivity index (χ0) is 13.3. The van der Waals surface area contributed by atoms with E-state index in [9.17, 15) is 14.7 Å². The van der Waals surface area contributed by atoms with Gasteiger partial charge in [-0.1, -0.05) is 0 Å². The fourth-order valence-corrected chi connectivity index (χ4v) is 3.24. The first-order valence-corrected chi connectivity index (χ1v) is 6.93. The normalized spacial score (nSPS) is 19.9. The number of carboxylic acid groups (broad SMARTS) is 1. The first-order chi connectivity index (χ1) is 8.50. The average molecular weight is 267 g/mol. The molecule has 4 nitrogen and oxygen atoms in total. The summed E-state index contributed by atoms with van der Waals surface area (Å²) < 4.78 is 0. The second-order valence-electron chi connectivity index (χ2n) is 4.70. The predicted molar refractivity (Wildman–Crippen MR) is 70.1 cm³/mol. The van der Waals surface area contributed by atoms with Gasteiger partial charge < -0.3 is 10.0 Å². The molecular weight excluding hydrogens is 250 g/mol. The highest BCUT2D eigenvalue weighted by Gasteiger charge is 2.33. The van der Waals surface area contributed by atoms with Crippen molar-refractivity contribution in [2.24, 2.45) is 0 Å². The van der Waals surface area contributed by atoms with Crippen LogP contribution in [0.3, 0.4) is 0 Å². The Kier molecular flexibility index (Phi) is 3.71. The molecule has 0 spiro atoms. The average Bonchev–Trinajstić information content (AvgIpc) is 2.68. The molecular formula is C13H17NO3S. The molecule has 1 N–H and O–H groups in total. The SMILES string of the molecule is Cc1cc(C(=O)N2CCCC[C@H]2C(=O)O)sc1C. The maximum absolute atomic E-state index is 12.4. The summed E-state index contributed by atoms with van der Waals surface area (Å²) in [7, 11) is 0.